The molecule has 2 aromatic rings. The number of hydrogen-bond acceptors (Lipinski definition) is 5. The topological polar surface area (TPSA) is 52.0 Å². The molecule has 17 heavy (non-hydrogen) atoms. The van der Waals surface area contributed by atoms with Crippen molar-refractivity contribution in [1.82, 2.24) is 20.1 Å². The lowest BCUT2D eigenvalue weighted by Crippen LogP contribution is -2.21. The van der Waals surface area contributed by atoms with E-state index in [0.717, 1.165) is 17.1 Å². The van der Waals surface area contributed by atoms with E-state index in [1.807, 2.05) is 31.2 Å². The van der Waals surface area contributed by atoms with Crippen LogP contribution in [-0.2, 0) is 7.05 Å². The van der Waals surface area contributed by atoms with Crippen LogP contribution in [-0.4, -0.2) is 28.9 Å². The van der Waals surface area contributed by atoms with E-state index in [1.165, 1.54) is 4.88 Å². The van der Waals surface area contributed by atoms with Crippen molar-refractivity contribution in [2.24, 2.45) is 7.05 Å². The lowest BCUT2D eigenvalue weighted by atomic mass is 10.1. The first kappa shape index (κ1) is 12.1. The Labute approximate surface area is 104 Å². The Balaban J connectivity index is 2.49. The number of thiazole rings is 1. The summed E-state index contributed by atoms with van der Waals surface area (Å²) < 4.78 is 7.18. The van der Waals surface area contributed by atoms with Crippen LogP contribution in [0.15, 0.2) is 11.7 Å². The predicted molar refractivity (Wildman–Crippen MR) is 67.5 cm³/mol. The molecule has 0 amide bonds. The van der Waals surface area contributed by atoms with Crippen molar-refractivity contribution in [2.45, 2.75) is 13.0 Å². The number of methoxy groups -OCH3 is 1. The summed E-state index contributed by atoms with van der Waals surface area (Å²) in [5.41, 5.74) is 3.91. The highest BCUT2D eigenvalue weighted by molar-refractivity contribution is 7.09. The third kappa shape index (κ3) is 2.05. The maximum Gasteiger partial charge on any atom is 0.161 e. The highest BCUT2D eigenvalue weighted by Gasteiger charge is 2.23. The summed E-state index contributed by atoms with van der Waals surface area (Å²) in [5, 5.41) is 7.52. The van der Waals surface area contributed by atoms with Crippen molar-refractivity contribution in [3.63, 3.8) is 0 Å². The third-order valence-corrected chi connectivity index (χ3v) is 3.77. The quantitative estimate of drug-likeness (QED) is 0.896. The van der Waals surface area contributed by atoms with Crippen LogP contribution < -0.4 is 10.1 Å². The van der Waals surface area contributed by atoms with E-state index >= 15 is 0 Å². The van der Waals surface area contributed by atoms with Crippen LogP contribution >= 0.6 is 11.3 Å². The van der Waals surface area contributed by atoms with E-state index in [-0.39, 0.29) is 6.04 Å². The maximum atomic E-state index is 5.35. The summed E-state index contributed by atoms with van der Waals surface area (Å²) >= 11 is 1.64. The molecule has 0 saturated carbocycles. The second kappa shape index (κ2) is 4.85. The zero-order chi connectivity index (χ0) is 12.4. The molecule has 0 aliphatic heterocycles. The second-order valence-electron chi connectivity index (χ2n) is 3.75. The molecule has 0 spiro atoms. The molecule has 6 heteroatoms. The number of nitrogens with one attached hydrogen (secondary N) is 1. The number of rotatable bonds is 4. The van der Waals surface area contributed by atoms with Gasteiger partial charge in [0.15, 0.2) is 5.75 Å². The number of ether oxygens (including phenoxy) is 1. The second-order valence-corrected chi connectivity index (χ2v) is 4.63. The number of hydrogen-bond donors (Lipinski definition) is 1. The molecule has 5 nitrogen and oxygen atoms in total. The molecule has 0 aromatic carbocycles. The highest BCUT2D eigenvalue weighted by atomic mass is 32.1. The number of nitrogens with zero attached hydrogens (tertiary/aromatic N) is 3. The largest absolute Gasteiger partial charge is 0.493 e. The first-order valence-electron chi connectivity index (χ1n) is 5.32. The molecule has 92 valence electrons. The van der Waals surface area contributed by atoms with Crippen LogP contribution in [0.25, 0.3) is 0 Å². The smallest absolute Gasteiger partial charge is 0.161 e. The molecule has 1 N–H and O–H groups in total. The van der Waals surface area contributed by atoms with Crippen LogP contribution in [0.3, 0.4) is 0 Å². The fourth-order valence-corrected chi connectivity index (χ4v) is 2.81. The van der Waals surface area contributed by atoms with Gasteiger partial charge in [-0.25, -0.2) is 4.98 Å². The predicted octanol–water partition coefficient (Wildman–Crippen LogP) is 1.50. The summed E-state index contributed by atoms with van der Waals surface area (Å²) in [6.45, 7) is 2.01. The van der Waals surface area contributed by atoms with Gasteiger partial charge in [-0.1, -0.05) is 0 Å². The van der Waals surface area contributed by atoms with E-state index < -0.39 is 0 Å². The van der Waals surface area contributed by atoms with Crippen LogP contribution in [0.1, 0.15) is 22.3 Å². The average molecular weight is 252 g/mol. The van der Waals surface area contributed by atoms with Gasteiger partial charge in [0.25, 0.3) is 0 Å². The molecule has 0 aliphatic rings. The van der Waals surface area contributed by atoms with Gasteiger partial charge < -0.3 is 10.1 Å². The van der Waals surface area contributed by atoms with E-state index in [0.29, 0.717) is 0 Å². The fourth-order valence-electron chi connectivity index (χ4n) is 1.89. The van der Waals surface area contributed by atoms with Crippen LogP contribution in [0, 0.1) is 6.92 Å². The van der Waals surface area contributed by atoms with Gasteiger partial charge in [0, 0.05) is 7.05 Å². The van der Waals surface area contributed by atoms with E-state index in [2.05, 4.69) is 15.4 Å². The van der Waals surface area contributed by atoms with Crippen molar-refractivity contribution >= 4 is 11.3 Å². The molecule has 2 rings (SSSR count). The van der Waals surface area contributed by atoms with E-state index in [9.17, 15) is 0 Å². The molecular formula is C11H16N4OS. The number of aryl methyl sites for hydroxylation is 2. The molecule has 0 fully saturated rings. The van der Waals surface area contributed by atoms with Gasteiger partial charge in [0.2, 0.25) is 0 Å². The Hall–Kier alpha value is -1.40. The summed E-state index contributed by atoms with van der Waals surface area (Å²) in [5.74, 6) is 0.791. The van der Waals surface area contributed by atoms with Gasteiger partial charge in [-0.2, -0.15) is 5.10 Å². The lowest BCUT2D eigenvalue weighted by molar-refractivity contribution is 0.403. The lowest BCUT2D eigenvalue weighted by Gasteiger charge is -2.17. The zero-order valence-electron chi connectivity index (χ0n) is 10.4. The van der Waals surface area contributed by atoms with Gasteiger partial charge in [0.05, 0.1) is 35.4 Å². The van der Waals surface area contributed by atoms with Gasteiger partial charge >= 0.3 is 0 Å². The molecule has 0 aliphatic carbocycles. The Morgan fingerprint density at radius 2 is 2.29 bits per heavy atom. The summed E-state index contributed by atoms with van der Waals surface area (Å²) in [6.07, 6.45) is 1.73. The first-order chi connectivity index (χ1) is 8.19. The summed E-state index contributed by atoms with van der Waals surface area (Å²) in [7, 11) is 5.50. The Morgan fingerprint density at radius 1 is 1.53 bits per heavy atom. The van der Waals surface area contributed by atoms with Crippen molar-refractivity contribution in [3.05, 3.63) is 28.0 Å². The molecule has 1 atom stereocenters. The van der Waals surface area contributed by atoms with E-state index in [4.69, 9.17) is 4.74 Å². The van der Waals surface area contributed by atoms with Gasteiger partial charge in [-0.3, -0.25) is 4.68 Å². The summed E-state index contributed by atoms with van der Waals surface area (Å²) in [4.78, 5) is 5.48. The molecular weight excluding hydrogens is 236 g/mol. The third-order valence-electron chi connectivity index (χ3n) is 2.78. The van der Waals surface area contributed by atoms with E-state index in [1.54, 1.807) is 24.6 Å². The highest BCUT2D eigenvalue weighted by Crippen LogP contribution is 2.32. The molecule has 2 aromatic heterocycles. The van der Waals surface area contributed by atoms with Crippen molar-refractivity contribution in [1.29, 1.82) is 0 Å². The van der Waals surface area contributed by atoms with Gasteiger partial charge in [0.1, 0.15) is 5.69 Å². The molecule has 0 bridgehead atoms. The van der Waals surface area contributed by atoms with Crippen molar-refractivity contribution < 1.29 is 4.74 Å². The monoisotopic (exact) mass is 252 g/mol. The minimum atomic E-state index is 0.0601. The molecule has 2 heterocycles. The number of aromatic nitrogens is 3. The van der Waals surface area contributed by atoms with Crippen molar-refractivity contribution in [2.75, 3.05) is 14.2 Å². The minimum absolute atomic E-state index is 0.0601. The average Bonchev–Trinajstić information content (AvgIpc) is 2.89. The van der Waals surface area contributed by atoms with Crippen LogP contribution in [0.2, 0.25) is 0 Å². The Kier molecular flexibility index (Phi) is 3.44. The molecule has 1 unspecified atom stereocenters. The molecule has 0 radical (unpaired) electrons. The summed E-state index contributed by atoms with van der Waals surface area (Å²) in [6, 6.07) is 0.0601. The Morgan fingerprint density at radius 3 is 2.82 bits per heavy atom. The normalized spacial score (nSPS) is 12.7. The first-order valence-corrected chi connectivity index (χ1v) is 6.20. The Bertz CT molecular complexity index is 505. The fraction of sp³-hybridized carbons (Fsp3) is 0.455. The van der Waals surface area contributed by atoms with Crippen LogP contribution in [0.4, 0.5) is 0 Å². The zero-order valence-corrected chi connectivity index (χ0v) is 11.2. The van der Waals surface area contributed by atoms with Gasteiger partial charge in [-0.15, -0.1) is 11.3 Å². The minimum Gasteiger partial charge on any atom is -0.493 e. The molecule has 0 saturated heterocycles. The maximum absolute atomic E-state index is 5.35. The van der Waals surface area contributed by atoms with Crippen molar-refractivity contribution in [3.8, 4) is 5.75 Å². The van der Waals surface area contributed by atoms with Crippen LogP contribution in [0.5, 0.6) is 5.75 Å². The standard InChI is InChI=1S/C11H16N4OS/c1-7-11(17-6-13-7)9(12-2)10-8(16-4)5-14-15(10)3/h5-6,9,12H,1-4H3. The van der Waals surface area contributed by atoms with Gasteiger partial charge in [-0.05, 0) is 14.0 Å². The SMILES string of the molecule is CNC(c1scnc1C)c1c(OC)cnn1C.